The van der Waals surface area contributed by atoms with E-state index >= 15 is 0 Å². The van der Waals surface area contributed by atoms with Crippen molar-refractivity contribution in [2.24, 2.45) is 0 Å². The summed E-state index contributed by atoms with van der Waals surface area (Å²) in [5.41, 5.74) is 5.55. The molecule has 1 heterocycles. The number of phenols is 1. The molecule has 6 nitrogen and oxygen atoms in total. The number of aryl methyl sites for hydroxylation is 1. The molecule has 0 aliphatic carbocycles. The van der Waals surface area contributed by atoms with Crippen molar-refractivity contribution in [2.45, 2.75) is 25.8 Å². The third-order valence-corrected chi connectivity index (χ3v) is 7.03. The fourth-order valence-corrected chi connectivity index (χ4v) is 4.83. The molecule has 5 rings (SSSR count). The normalized spacial score (nSPS) is 11.8. The first kappa shape index (κ1) is 26.1. The maximum atomic E-state index is 13.2. The molecule has 4 aromatic carbocycles. The van der Waals surface area contributed by atoms with Gasteiger partial charge in [-0.25, -0.2) is 4.79 Å². The number of halogens is 1. The van der Waals surface area contributed by atoms with Crippen LogP contribution < -0.4 is 5.32 Å². The molecule has 0 unspecified atom stereocenters. The molecule has 0 saturated carbocycles. The van der Waals surface area contributed by atoms with Gasteiger partial charge in [0.15, 0.2) is 5.76 Å². The van der Waals surface area contributed by atoms with Crippen LogP contribution in [0.5, 0.6) is 5.75 Å². The number of furan rings is 1. The standard InChI is InChI=1S/C32H26ClNO5/c1-19-27-14-10-23(21-7-11-25(33)12-8-21)18-29(27)39-30(19)31(36)34-28(32(37)38)17-22-9-13-26(35)16-24(22)15-20-5-3-2-4-6-20/h2-14,16,18,28,35H,15,17H2,1H3,(H,34,36)(H,37,38)/t28-/m0/s1. The maximum Gasteiger partial charge on any atom is 0.326 e. The molecule has 7 heteroatoms. The Morgan fingerprint density at radius 1 is 0.897 bits per heavy atom. The Labute approximate surface area is 230 Å². The average Bonchev–Trinajstić information content (AvgIpc) is 3.26. The molecule has 0 aliphatic rings. The van der Waals surface area contributed by atoms with Crippen LogP contribution in [0, 0.1) is 6.92 Å². The number of nitrogens with one attached hydrogen (secondary N) is 1. The Morgan fingerprint density at radius 2 is 1.62 bits per heavy atom. The monoisotopic (exact) mass is 539 g/mol. The highest BCUT2D eigenvalue weighted by Gasteiger charge is 2.26. The second-order valence-corrected chi connectivity index (χ2v) is 9.89. The number of fused-ring (bicyclic) bond motifs is 1. The molecular formula is C32H26ClNO5. The van der Waals surface area contributed by atoms with Gasteiger partial charge in [0.05, 0.1) is 0 Å². The first-order valence-corrected chi connectivity index (χ1v) is 12.8. The highest BCUT2D eigenvalue weighted by molar-refractivity contribution is 6.30. The van der Waals surface area contributed by atoms with E-state index in [0.29, 0.717) is 22.6 Å². The van der Waals surface area contributed by atoms with Crippen molar-refractivity contribution in [1.82, 2.24) is 5.32 Å². The number of rotatable bonds is 8. The van der Waals surface area contributed by atoms with Crippen LogP contribution in [0.1, 0.15) is 32.8 Å². The highest BCUT2D eigenvalue weighted by Crippen LogP contribution is 2.31. The van der Waals surface area contributed by atoms with Gasteiger partial charge in [0, 0.05) is 22.4 Å². The van der Waals surface area contributed by atoms with Gasteiger partial charge < -0.3 is 19.9 Å². The quantitative estimate of drug-likeness (QED) is 0.202. The Morgan fingerprint density at radius 3 is 2.33 bits per heavy atom. The third kappa shape index (κ3) is 5.81. The molecule has 196 valence electrons. The van der Waals surface area contributed by atoms with E-state index in [9.17, 15) is 19.8 Å². The molecule has 1 amide bonds. The van der Waals surface area contributed by atoms with Crippen molar-refractivity contribution in [3.05, 3.63) is 124 Å². The van der Waals surface area contributed by atoms with E-state index in [1.54, 1.807) is 31.2 Å². The molecule has 1 atom stereocenters. The molecule has 0 fully saturated rings. The van der Waals surface area contributed by atoms with Crippen LogP contribution in [-0.4, -0.2) is 28.1 Å². The Balaban J connectivity index is 1.39. The number of carbonyl (C=O) groups is 2. The number of carbonyl (C=O) groups excluding carboxylic acids is 1. The summed E-state index contributed by atoms with van der Waals surface area (Å²) in [6.07, 6.45) is 0.563. The number of carboxylic acids is 1. The molecular weight excluding hydrogens is 514 g/mol. The van der Waals surface area contributed by atoms with Gasteiger partial charge in [-0.15, -0.1) is 0 Å². The summed E-state index contributed by atoms with van der Waals surface area (Å²) in [7, 11) is 0. The van der Waals surface area contributed by atoms with E-state index < -0.39 is 17.9 Å². The molecule has 39 heavy (non-hydrogen) atoms. The summed E-state index contributed by atoms with van der Waals surface area (Å²) >= 11 is 6.00. The first-order chi connectivity index (χ1) is 18.8. The largest absolute Gasteiger partial charge is 0.508 e. The lowest BCUT2D eigenvalue weighted by Gasteiger charge is -2.17. The minimum absolute atomic E-state index is 0.0451. The summed E-state index contributed by atoms with van der Waals surface area (Å²) in [5, 5.41) is 24.0. The van der Waals surface area contributed by atoms with Crippen molar-refractivity contribution in [3.8, 4) is 16.9 Å². The molecule has 0 bridgehead atoms. The molecule has 0 radical (unpaired) electrons. The van der Waals surface area contributed by atoms with Crippen LogP contribution in [0.25, 0.3) is 22.1 Å². The molecule has 0 spiro atoms. The average molecular weight is 540 g/mol. The molecule has 5 aromatic rings. The predicted octanol–water partition coefficient (Wildman–Crippen LogP) is 6.78. The summed E-state index contributed by atoms with van der Waals surface area (Å²) in [4.78, 5) is 25.4. The van der Waals surface area contributed by atoms with E-state index in [1.807, 2.05) is 60.7 Å². The maximum absolute atomic E-state index is 13.2. The van der Waals surface area contributed by atoms with Crippen LogP contribution in [0.2, 0.25) is 5.02 Å². The number of aliphatic carboxylic acids is 1. The van der Waals surface area contributed by atoms with E-state index in [0.717, 1.165) is 33.2 Å². The number of carboxylic acid groups (broad SMARTS) is 1. The van der Waals surface area contributed by atoms with E-state index in [4.69, 9.17) is 16.0 Å². The van der Waals surface area contributed by atoms with E-state index in [2.05, 4.69) is 5.32 Å². The van der Waals surface area contributed by atoms with Crippen LogP contribution in [0.15, 0.2) is 95.4 Å². The van der Waals surface area contributed by atoms with Crippen LogP contribution in [0.3, 0.4) is 0 Å². The van der Waals surface area contributed by atoms with Gasteiger partial charge >= 0.3 is 5.97 Å². The Hall–Kier alpha value is -4.55. The number of hydrogen-bond acceptors (Lipinski definition) is 4. The van der Waals surface area contributed by atoms with Crippen LogP contribution in [-0.2, 0) is 17.6 Å². The van der Waals surface area contributed by atoms with Crippen LogP contribution in [0.4, 0.5) is 0 Å². The zero-order chi connectivity index (χ0) is 27.5. The molecule has 3 N–H and O–H groups in total. The second kappa shape index (κ2) is 11.1. The number of phenolic OH excluding ortho intramolecular Hbond substituents is 1. The predicted molar refractivity (Wildman–Crippen MR) is 151 cm³/mol. The first-order valence-electron chi connectivity index (χ1n) is 12.5. The third-order valence-electron chi connectivity index (χ3n) is 6.78. The minimum Gasteiger partial charge on any atom is -0.508 e. The Kier molecular flexibility index (Phi) is 7.39. The number of hydrogen-bond donors (Lipinski definition) is 3. The lowest BCUT2D eigenvalue weighted by atomic mass is 9.95. The van der Waals surface area contributed by atoms with Crippen molar-refractivity contribution in [3.63, 3.8) is 0 Å². The number of aromatic hydroxyl groups is 1. The van der Waals surface area contributed by atoms with E-state index in [-0.39, 0.29) is 17.9 Å². The summed E-state index contributed by atoms with van der Waals surface area (Å²) < 4.78 is 5.93. The van der Waals surface area contributed by atoms with Gasteiger partial charge in [-0.1, -0.05) is 72.3 Å². The lowest BCUT2D eigenvalue weighted by molar-refractivity contribution is -0.139. The van der Waals surface area contributed by atoms with Gasteiger partial charge in [0.1, 0.15) is 17.4 Å². The van der Waals surface area contributed by atoms with Crippen molar-refractivity contribution < 1.29 is 24.2 Å². The zero-order valence-electron chi connectivity index (χ0n) is 21.1. The molecule has 1 aromatic heterocycles. The SMILES string of the molecule is Cc1c(C(=O)N[C@@H](Cc2ccc(O)cc2Cc2ccccc2)C(=O)O)oc2cc(-c3ccc(Cl)cc3)ccc12. The van der Waals surface area contributed by atoms with Gasteiger partial charge in [0.25, 0.3) is 5.91 Å². The second-order valence-electron chi connectivity index (χ2n) is 9.46. The van der Waals surface area contributed by atoms with Crippen LogP contribution >= 0.6 is 11.6 Å². The minimum atomic E-state index is -1.20. The summed E-state index contributed by atoms with van der Waals surface area (Å²) in [6.45, 7) is 1.77. The number of amides is 1. The molecule has 0 saturated heterocycles. The summed E-state index contributed by atoms with van der Waals surface area (Å²) in [5.74, 6) is -1.61. The van der Waals surface area contributed by atoms with Gasteiger partial charge in [0.2, 0.25) is 0 Å². The fourth-order valence-electron chi connectivity index (χ4n) is 4.70. The lowest BCUT2D eigenvalue weighted by Crippen LogP contribution is -2.42. The fraction of sp³-hybridized carbons (Fsp3) is 0.125. The van der Waals surface area contributed by atoms with Crippen molar-refractivity contribution in [1.29, 1.82) is 0 Å². The van der Waals surface area contributed by atoms with Crippen molar-refractivity contribution >= 4 is 34.4 Å². The van der Waals surface area contributed by atoms with Gasteiger partial charge in [-0.2, -0.15) is 0 Å². The summed E-state index contributed by atoms with van der Waals surface area (Å²) in [6, 6.07) is 26.4. The Bertz CT molecular complexity index is 1660. The molecule has 0 aliphatic heterocycles. The van der Waals surface area contributed by atoms with Crippen molar-refractivity contribution in [2.75, 3.05) is 0 Å². The van der Waals surface area contributed by atoms with E-state index in [1.165, 1.54) is 6.07 Å². The van der Waals surface area contributed by atoms with Gasteiger partial charge in [-0.3, -0.25) is 4.79 Å². The smallest absolute Gasteiger partial charge is 0.326 e. The highest BCUT2D eigenvalue weighted by atomic mass is 35.5. The number of benzene rings is 4. The topological polar surface area (TPSA) is 99.8 Å². The zero-order valence-corrected chi connectivity index (χ0v) is 21.9. The van der Waals surface area contributed by atoms with Gasteiger partial charge in [-0.05, 0) is 71.5 Å².